The number of anilines is 1. The summed E-state index contributed by atoms with van der Waals surface area (Å²) in [6.45, 7) is 1.58. The minimum absolute atomic E-state index is 0.115. The summed E-state index contributed by atoms with van der Waals surface area (Å²) in [7, 11) is 0. The Morgan fingerprint density at radius 3 is 1.76 bits per heavy atom. The van der Waals surface area contributed by atoms with Gasteiger partial charge in [0.2, 0.25) is 5.92 Å². The smallest absolute Gasteiger partial charge is 0.326 e. The first-order valence-corrected chi connectivity index (χ1v) is 7.06. The summed E-state index contributed by atoms with van der Waals surface area (Å²) in [5.74, 6) is -7.15. The number of alkyl halides is 7. The van der Waals surface area contributed by atoms with Crippen LogP contribution in [0, 0.1) is 0 Å². The van der Waals surface area contributed by atoms with Gasteiger partial charge in [0.25, 0.3) is 5.92 Å². The van der Waals surface area contributed by atoms with Crippen LogP contribution < -0.4 is 10.6 Å². The van der Waals surface area contributed by atoms with Gasteiger partial charge in [0.05, 0.1) is 5.56 Å². The van der Waals surface area contributed by atoms with Crippen LogP contribution in [0.2, 0.25) is 0 Å². The van der Waals surface area contributed by atoms with Crippen LogP contribution in [0.3, 0.4) is 0 Å². The lowest BCUT2D eigenvalue weighted by Crippen LogP contribution is -2.60. The van der Waals surface area contributed by atoms with Gasteiger partial charge in [-0.15, -0.1) is 0 Å². The summed E-state index contributed by atoms with van der Waals surface area (Å²) in [5.41, 5.74) is -3.65. The Morgan fingerprint density at radius 1 is 0.920 bits per heavy atom. The number of urea groups is 1. The van der Waals surface area contributed by atoms with E-state index in [0.717, 1.165) is 19.1 Å². The molecule has 0 aliphatic heterocycles. The van der Waals surface area contributed by atoms with Crippen molar-refractivity contribution in [2.24, 2.45) is 0 Å². The van der Waals surface area contributed by atoms with Crippen LogP contribution in [0.4, 0.5) is 41.2 Å². The van der Waals surface area contributed by atoms with Crippen molar-refractivity contribution in [3.63, 3.8) is 0 Å². The van der Waals surface area contributed by atoms with Gasteiger partial charge in [0.1, 0.15) is 5.54 Å². The van der Waals surface area contributed by atoms with Crippen LogP contribution in [-0.2, 0) is 6.18 Å². The quantitative estimate of drug-likeness (QED) is 0.676. The Hall–Kier alpha value is -2.00. The molecule has 0 bridgehead atoms. The van der Waals surface area contributed by atoms with Crippen molar-refractivity contribution < 1.29 is 35.5 Å². The van der Waals surface area contributed by atoms with Crippen molar-refractivity contribution in [3.8, 4) is 0 Å². The Balaban J connectivity index is 2.88. The van der Waals surface area contributed by atoms with Crippen LogP contribution in [-0.4, -0.2) is 23.4 Å². The number of rotatable bonds is 5. The van der Waals surface area contributed by atoms with E-state index in [1.54, 1.807) is 5.32 Å². The van der Waals surface area contributed by atoms with Crippen molar-refractivity contribution in [2.45, 2.75) is 50.8 Å². The summed E-state index contributed by atoms with van der Waals surface area (Å²) in [6, 6.07) is 1.96. The van der Waals surface area contributed by atoms with Gasteiger partial charge in [-0.2, -0.15) is 13.2 Å². The van der Waals surface area contributed by atoms with E-state index in [0.29, 0.717) is 26.0 Å². The summed E-state index contributed by atoms with van der Waals surface area (Å²) in [6.07, 6.45) is -5.90. The molecule has 0 saturated carbocycles. The molecule has 0 aromatic heterocycles. The minimum atomic E-state index is -4.57. The molecular weight excluding hydrogens is 357 g/mol. The van der Waals surface area contributed by atoms with E-state index in [1.807, 2.05) is 5.32 Å². The second-order valence-corrected chi connectivity index (χ2v) is 6.12. The fraction of sp³-hybridized carbons (Fsp3) is 0.533. The first-order valence-electron chi connectivity index (χ1n) is 7.06. The monoisotopic (exact) mass is 374 g/mol. The van der Waals surface area contributed by atoms with Crippen LogP contribution in [0.1, 0.15) is 32.8 Å². The van der Waals surface area contributed by atoms with Crippen molar-refractivity contribution in [2.75, 3.05) is 5.32 Å². The molecule has 0 heterocycles. The van der Waals surface area contributed by atoms with Crippen LogP contribution in [0.15, 0.2) is 24.3 Å². The fourth-order valence-electron chi connectivity index (χ4n) is 2.09. The number of hydrogen-bond acceptors (Lipinski definition) is 1. The Labute approximate surface area is 139 Å². The molecule has 1 unspecified atom stereocenters. The number of carbonyl (C=O) groups excluding carboxylic acids is 1. The molecule has 0 spiro atoms. The largest absolute Gasteiger partial charge is 0.416 e. The molecule has 1 aromatic rings. The molecule has 1 aromatic carbocycles. The van der Waals surface area contributed by atoms with Crippen LogP contribution in [0.5, 0.6) is 0 Å². The van der Waals surface area contributed by atoms with Crippen molar-refractivity contribution >= 4 is 11.7 Å². The number of hydrogen-bond donors (Lipinski definition) is 2. The highest BCUT2D eigenvalue weighted by Gasteiger charge is 2.51. The van der Waals surface area contributed by atoms with Gasteiger partial charge < -0.3 is 10.6 Å². The predicted molar refractivity (Wildman–Crippen MR) is 77.9 cm³/mol. The normalized spacial score (nSPS) is 15.4. The van der Waals surface area contributed by atoms with Gasteiger partial charge in [-0.3, -0.25) is 0 Å². The summed E-state index contributed by atoms with van der Waals surface area (Å²) in [5, 5.41) is 3.82. The second-order valence-electron chi connectivity index (χ2n) is 6.12. The highest BCUT2D eigenvalue weighted by Crippen LogP contribution is 2.37. The molecule has 0 aliphatic carbocycles. The first kappa shape index (κ1) is 21.0. The van der Waals surface area contributed by atoms with E-state index < -0.39 is 41.6 Å². The average molecular weight is 374 g/mol. The number of benzene rings is 1. The molecule has 2 N–H and O–H groups in total. The first-order chi connectivity index (χ1) is 11.0. The molecule has 3 nitrogen and oxygen atoms in total. The fourth-order valence-corrected chi connectivity index (χ4v) is 2.09. The Kier molecular flexibility index (Phi) is 5.66. The molecule has 2 amide bonds. The molecule has 25 heavy (non-hydrogen) atoms. The Morgan fingerprint density at radius 2 is 1.40 bits per heavy atom. The van der Waals surface area contributed by atoms with Gasteiger partial charge in [-0.05, 0) is 38.1 Å². The molecule has 0 fully saturated rings. The third-order valence-electron chi connectivity index (χ3n) is 3.49. The second kappa shape index (κ2) is 6.72. The third kappa shape index (κ3) is 6.09. The lowest BCUT2D eigenvalue weighted by molar-refractivity contribution is -0.137. The molecule has 10 heteroatoms. The molecule has 0 aliphatic rings. The van der Waals surface area contributed by atoms with E-state index in [1.165, 1.54) is 0 Å². The predicted octanol–water partition coefficient (Wildman–Crippen LogP) is 5.29. The zero-order valence-corrected chi connectivity index (χ0v) is 13.6. The highest BCUT2D eigenvalue weighted by atomic mass is 19.4. The number of halogens is 7. The standard InChI is InChI=1S/C15H17F7N2O/c1-12(14(3,18)19,8-13(2,16)17)24-11(25)23-10-6-4-9(5-7-10)15(20,21)22/h4-7H,8H2,1-3H3,(H2,23,24,25). The van der Waals surface area contributed by atoms with Crippen molar-refractivity contribution in [1.29, 1.82) is 0 Å². The zero-order chi connectivity index (χ0) is 19.7. The van der Waals surface area contributed by atoms with E-state index in [-0.39, 0.29) is 5.69 Å². The molecular formula is C15H17F7N2O. The lowest BCUT2D eigenvalue weighted by Gasteiger charge is -2.37. The summed E-state index contributed by atoms with van der Waals surface area (Å²) < 4.78 is 91.0. The maximum Gasteiger partial charge on any atom is 0.416 e. The van der Waals surface area contributed by atoms with Gasteiger partial charge in [-0.25, -0.2) is 22.4 Å². The van der Waals surface area contributed by atoms with E-state index in [4.69, 9.17) is 0 Å². The molecule has 0 radical (unpaired) electrons. The highest BCUT2D eigenvalue weighted by molar-refractivity contribution is 5.89. The SMILES string of the molecule is CC(F)(F)CC(C)(NC(=O)Nc1ccc(C(F)(F)F)cc1)C(C)(F)F. The van der Waals surface area contributed by atoms with Crippen molar-refractivity contribution in [3.05, 3.63) is 29.8 Å². The lowest BCUT2D eigenvalue weighted by atomic mass is 9.88. The van der Waals surface area contributed by atoms with Gasteiger partial charge in [-0.1, -0.05) is 0 Å². The van der Waals surface area contributed by atoms with Gasteiger partial charge in [0.15, 0.2) is 0 Å². The van der Waals surface area contributed by atoms with E-state index >= 15 is 0 Å². The number of amides is 2. The molecule has 1 rings (SSSR count). The van der Waals surface area contributed by atoms with Crippen LogP contribution >= 0.6 is 0 Å². The Bertz CT molecular complexity index is 602. The maximum atomic E-state index is 13.7. The number of carbonyl (C=O) groups is 1. The summed E-state index contributed by atoms with van der Waals surface area (Å²) in [4.78, 5) is 11.8. The third-order valence-corrected chi connectivity index (χ3v) is 3.49. The maximum absolute atomic E-state index is 13.7. The van der Waals surface area contributed by atoms with Crippen LogP contribution in [0.25, 0.3) is 0 Å². The molecule has 1 atom stereocenters. The topological polar surface area (TPSA) is 41.1 Å². The number of nitrogens with one attached hydrogen (secondary N) is 2. The zero-order valence-electron chi connectivity index (χ0n) is 13.6. The van der Waals surface area contributed by atoms with Gasteiger partial charge in [0, 0.05) is 19.0 Å². The van der Waals surface area contributed by atoms with E-state index in [9.17, 15) is 35.5 Å². The van der Waals surface area contributed by atoms with E-state index in [2.05, 4.69) is 0 Å². The average Bonchev–Trinajstić information content (AvgIpc) is 2.34. The molecule has 0 saturated heterocycles. The minimum Gasteiger partial charge on any atom is -0.326 e. The van der Waals surface area contributed by atoms with Crippen molar-refractivity contribution in [1.82, 2.24) is 5.32 Å². The summed E-state index contributed by atoms with van der Waals surface area (Å²) >= 11 is 0. The van der Waals surface area contributed by atoms with Gasteiger partial charge >= 0.3 is 12.2 Å². The molecule has 142 valence electrons.